The van der Waals surface area contributed by atoms with Gasteiger partial charge in [0.05, 0.1) is 12.5 Å². The number of nitrogens with one attached hydrogen (secondary N) is 1. The highest BCUT2D eigenvalue weighted by Gasteiger charge is 2.14. The highest BCUT2D eigenvalue weighted by Crippen LogP contribution is 2.02. The molecule has 0 aliphatic carbocycles. The van der Waals surface area contributed by atoms with Gasteiger partial charge in [0.2, 0.25) is 7.85 Å². The van der Waals surface area contributed by atoms with Crippen LogP contribution in [0.2, 0.25) is 0 Å². The first kappa shape index (κ1) is 14.2. The standard InChI is InChI=1S/C12H15BN2O3/c13-12(17)15-10(7-14)6-11(16)18-8-9-4-2-1-3-5-9/h1-5,10H,6-8,14H2,(H,15,17). The fraction of sp³-hybridized carbons (Fsp3) is 0.333. The van der Waals surface area contributed by atoms with Gasteiger partial charge in [-0.25, -0.2) is 0 Å². The molecule has 0 saturated heterocycles. The summed E-state index contributed by atoms with van der Waals surface area (Å²) in [6.45, 7) is 0.330. The summed E-state index contributed by atoms with van der Waals surface area (Å²) in [6.07, 6.45) is 0.00622. The summed E-state index contributed by atoms with van der Waals surface area (Å²) >= 11 is 0. The number of ether oxygens (including phenoxy) is 1. The highest BCUT2D eigenvalue weighted by molar-refractivity contribution is 6.57. The number of nitrogens with two attached hydrogens (primary N) is 1. The largest absolute Gasteiger partial charge is 0.461 e. The molecule has 3 N–H and O–H groups in total. The third-order valence-electron chi connectivity index (χ3n) is 2.29. The number of esters is 1. The second kappa shape index (κ2) is 7.50. The normalized spacial score (nSPS) is 11.6. The minimum Gasteiger partial charge on any atom is -0.461 e. The van der Waals surface area contributed by atoms with Crippen LogP contribution < -0.4 is 11.1 Å². The van der Waals surface area contributed by atoms with Crippen LogP contribution in [-0.4, -0.2) is 32.2 Å². The molecule has 0 saturated carbocycles. The van der Waals surface area contributed by atoms with Crippen molar-refractivity contribution in [2.75, 3.05) is 6.54 Å². The Morgan fingerprint density at radius 2 is 2.00 bits per heavy atom. The van der Waals surface area contributed by atoms with Crippen molar-refractivity contribution in [1.29, 1.82) is 0 Å². The van der Waals surface area contributed by atoms with Crippen LogP contribution in [-0.2, 0) is 16.1 Å². The predicted molar refractivity (Wildman–Crippen MR) is 68.0 cm³/mol. The lowest BCUT2D eigenvalue weighted by Gasteiger charge is -2.15. The molecule has 0 aliphatic heterocycles. The minimum absolute atomic E-state index is 0.00622. The third kappa shape index (κ3) is 5.49. The summed E-state index contributed by atoms with van der Waals surface area (Å²) in [7, 11) is 4.95. The minimum atomic E-state index is -0.707. The second-order valence-electron chi connectivity index (χ2n) is 3.79. The van der Waals surface area contributed by atoms with Gasteiger partial charge in [-0.05, 0) is 5.56 Å². The highest BCUT2D eigenvalue weighted by atomic mass is 16.5. The first-order chi connectivity index (χ1) is 8.61. The first-order valence-corrected chi connectivity index (χ1v) is 5.57. The molecule has 1 aromatic rings. The van der Waals surface area contributed by atoms with E-state index in [2.05, 4.69) is 5.32 Å². The lowest BCUT2D eigenvalue weighted by Crippen LogP contribution is -2.41. The molecule has 1 atom stereocenters. The van der Waals surface area contributed by atoms with Crippen LogP contribution in [0, 0.1) is 0 Å². The molecule has 0 spiro atoms. The number of rotatable bonds is 6. The van der Waals surface area contributed by atoms with E-state index in [4.69, 9.17) is 18.3 Å². The number of benzene rings is 1. The number of carbonyl (C=O) groups is 2. The molecule has 0 aliphatic rings. The average molecular weight is 246 g/mol. The fourth-order valence-electron chi connectivity index (χ4n) is 1.39. The zero-order valence-corrected chi connectivity index (χ0v) is 9.96. The van der Waals surface area contributed by atoms with Crippen LogP contribution >= 0.6 is 0 Å². The quantitative estimate of drug-likeness (QED) is 0.559. The number of hydrogen-bond donors (Lipinski definition) is 2. The molecule has 0 aromatic heterocycles. The Kier molecular flexibility index (Phi) is 5.94. The van der Waals surface area contributed by atoms with E-state index in [1.54, 1.807) is 0 Å². The SMILES string of the molecule is [B]C(=O)NC(CN)CC(=O)OCc1ccccc1. The van der Waals surface area contributed by atoms with Crippen molar-refractivity contribution in [2.24, 2.45) is 5.73 Å². The van der Waals surface area contributed by atoms with Crippen molar-refractivity contribution in [3.05, 3.63) is 35.9 Å². The van der Waals surface area contributed by atoms with Gasteiger partial charge in [-0.2, -0.15) is 0 Å². The summed E-state index contributed by atoms with van der Waals surface area (Å²) in [5, 5.41) is 2.37. The van der Waals surface area contributed by atoms with Crippen LogP contribution in [0.25, 0.3) is 0 Å². The van der Waals surface area contributed by atoms with Crippen molar-refractivity contribution in [2.45, 2.75) is 19.1 Å². The van der Waals surface area contributed by atoms with Crippen molar-refractivity contribution < 1.29 is 14.3 Å². The van der Waals surface area contributed by atoms with E-state index in [0.717, 1.165) is 5.56 Å². The Balaban J connectivity index is 2.34. The smallest absolute Gasteiger partial charge is 0.308 e. The molecule has 1 amide bonds. The van der Waals surface area contributed by atoms with Crippen molar-refractivity contribution >= 4 is 19.6 Å². The zero-order chi connectivity index (χ0) is 13.4. The predicted octanol–water partition coefficient (Wildman–Crippen LogP) is 0.325. The maximum Gasteiger partial charge on any atom is 0.308 e. The fourth-order valence-corrected chi connectivity index (χ4v) is 1.39. The maximum atomic E-state index is 11.5. The molecule has 0 fully saturated rings. The van der Waals surface area contributed by atoms with E-state index in [1.807, 2.05) is 30.3 Å². The Labute approximate surface area is 107 Å². The second-order valence-corrected chi connectivity index (χ2v) is 3.79. The molecule has 0 bridgehead atoms. The van der Waals surface area contributed by atoms with Crippen LogP contribution in [0.1, 0.15) is 12.0 Å². The third-order valence-corrected chi connectivity index (χ3v) is 2.29. The van der Waals surface area contributed by atoms with Crippen LogP contribution in [0.15, 0.2) is 30.3 Å². The summed E-state index contributed by atoms with van der Waals surface area (Å²) < 4.78 is 5.06. The number of carbonyl (C=O) groups excluding carboxylic acids is 2. The van der Waals surface area contributed by atoms with E-state index in [-0.39, 0.29) is 19.6 Å². The van der Waals surface area contributed by atoms with Gasteiger partial charge in [0, 0.05) is 6.54 Å². The van der Waals surface area contributed by atoms with Crippen LogP contribution in [0.5, 0.6) is 0 Å². The maximum absolute atomic E-state index is 11.5. The van der Waals surface area contributed by atoms with Gasteiger partial charge >= 0.3 is 5.97 Å². The molecule has 1 unspecified atom stereocenters. The van der Waals surface area contributed by atoms with Gasteiger partial charge in [0.1, 0.15) is 6.61 Å². The van der Waals surface area contributed by atoms with E-state index < -0.39 is 17.8 Å². The van der Waals surface area contributed by atoms with Gasteiger partial charge in [-0.1, -0.05) is 30.3 Å². The molecule has 1 aromatic carbocycles. The lowest BCUT2D eigenvalue weighted by molar-refractivity contribution is -0.145. The van der Waals surface area contributed by atoms with Gasteiger partial charge in [-0.15, -0.1) is 0 Å². The molecular formula is C12H15BN2O3. The molecule has 6 heteroatoms. The molecule has 1 rings (SSSR count). The van der Waals surface area contributed by atoms with Crippen molar-refractivity contribution in [1.82, 2.24) is 5.32 Å². The van der Waals surface area contributed by atoms with Gasteiger partial charge in [0.25, 0.3) is 0 Å². The van der Waals surface area contributed by atoms with Crippen LogP contribution in [0.3, 0.4) is 0 Å². The topological polar surface area (TPSA) is 81.4 Å². The lowest BCUT2D eigenvalue weighted by atomic mass is 10.1. The molecule has 94 valence electrons. The van der Waals surface area contributed by atoms with Crippen LogP contribution in [0.4, 0.5) is 4.79 Å². The molecular weight excluding hydrogens is 231 g/mol. The summed E-state index contributed by atoms with van der Waals surface area (Å²) in [4.78, 5) is 22.1. The Morgan fingerprint density at radius 3 is 2.56 bits per heavy atom. The van der Waals surface area contributed by atoms with Gasteiger partial charge in [0.15, 0.2) is 5.81 Å². The molecule has 0 heterocycles. The monoisotopic (exact) mass is 246 g/mol. The number of amides is 1. The van der Waals surface area contributed by atoms with E-state index >= 15 is 0 Å². The Bertz CT molecular complexity index is 398. The molecule has 2 radical (unpaired) electrons. The first-order valence-electron chi connectivity index (χ1n) is 5.57. The number of hydrogen-bond acceptors (Lipinski definition) is 4. The summed E-state index contributed by atoms with van der Waals surface area (Å²) in [6, 6.07) is 8.82. The summed E-state index contributed by atoms with van der Waals surface area (Å²) in [5.74, 6) is -1.13. The molecule has 5 nitrogen and oxygen atoms in total. The van der Waals surface area contributed by atoms with Gasteiger partial charge < -0.3 is 15.8 Å². The summed E-state index contributed by atoms with van der Waals surface area (Å²) in [5.41, 5.74) is 6.30. The van der Waals surface area contributed by atoms with Crippen molar-refractivity contribution in [3.63, 3.8) is 0 Å². The Hall–Kier alpha value is -1.82. The zero-order valence-electron chi connectivity index (χ0n) is 9.96. The van der Waals surface area contributed by atoms with Crippen molar-refractivity contribution in [3.8, 4) is 0 Å². The average Bonchev–Trinajstić information content (AvgIpc) is 2.36. The molecule has 18 heavy (non-hydrogen) atoms. The Morgan fingerprint density at radius 1 is 1.33 bits per heavy atom. The van der Waals surface area contributed by atoms with E-state index in [0.29, 0.717) is 0 Å². The van der Waals surface area contributed by atoms with E-state index in [9.17, 15) is 9.59 Å². The van der Waals surface area contributed by atoms with E-state index in [1.165, 1.54) is 0 Å². The van der Waals surface area contributed by atoms with Gasteiger partial charge in [-0.3, -0.25) is 9.59 Å².